The zero-order valence-corrected chi connectivity index (χ0v) is 10.7. The molecule has 0 unspecified atom stereocenters. The van der Waals surface area contributed by atoms with E-state index in [1.807, 2.05) is 36.6 Å². The van der Waals surface area contributed by atoms with E-state index < -0.39 is 0 Å². The van der Waals surface area contributed by atoms with Crippen LogP contribution >= 0.6 is 11.8 Å². The maximum atomic E-state index is 11.8. The van der Waals surface area contributed by atoms with Crippen LogP contribution in [-0.4, -0.2) is 16.2 Å². The van der Waals surface area contributed by atoms with Crippen LogP contribution in [0.15, 0.2) is 35.1 Å². The highest BCUT2D eigenvalue weighted by molar-refractivity contribution is 7.97. The van der Waals surface area contributed by atoms with Crippen molar-refractivity contribution < 1.29 is 0 Å². The van der Waals surface area contributed by atoms with Gasteiger partial charge in [0, 0.05) is 11.1 Å². The molecule has 0 aliphatic carbocycles. The molecule has 17 heavy (non-hydrogen) atoms. The monoisotopic (exact) mass is 246 g/mol. The fourth-order valence-electron chi connectivity index (χ4n) is 1.66. The SMILES string of the molecule is CSCc1nc(-c2ccccc2)c(C)c(=O)[nH]1. The molecule has 0 atom stereocenters. The Morgan fingerprint density at radius 3 is 2.65 bits per heavy atom. The quantitative estimate of drug-likeness (QED) is 0.905. The third-order valence-corrected chi connectivity index (χ3v) is 3.09. The minimum Gasteiger partial charge on any atom is -0.310 e. The topological polar surface area (TPSA) is 45.8 Å². The third-order valence-electron chi connectivity index (χ3n) is 2.53. The fraction of sp³-hybridized carbons (Fsp3) is 0.231. The van der Waals surface area contributed by atoms with Crippen LogP contribution in [-0.2, 0) is 5.75 Å². The molecule has 0 fully saturated rings. The summed E-state index contributed by atoms with van der Waals surface area (Å²) in [6, 6.07) is 9.79. The van der Waals surface area contributed by atoms with Crippen LogP contribution in [0.1, 0.15) is 11.4 Å². The number of nitrogens with zero attached hydrogens (tertiary/aromatic N) is 1. The van der Waals surface area contributed by atoms with Gasteiger partial charge in [-0.1, -0.05) is 30.3 Å². The Hall–Kier alpha value is -1.55. The molecule has 0 aliphatic rings. The number of aromatic amines is 1. The summed E-state index contributed by atoms with van der Waals surface area (Å²) < 4.78 is 0. The highest BCUT2D eigenvalue weighted by atomic mass is 32.2. The second kappa shape index (κ2) is 5.19. The summed E-state index contributed by atoms with van der Waals surface area (Å²) in [5.41, 5.74) is 2.38. The van der Waals surface area contributed by atoms with Crippen LogP contribution in [0.4, 0.5) is 0 Å². The number of hydrogen-bond acceptors (Lipinski definition) is 3. The van der Waals surface area contributed by atoms with Gasteiger partial charge in [-0.2, -0.15) is 11.8 Å². The Bertz CT molecular complexity index is 563. The molecule has 4 heteroatoms. The van der Waals surface area contributed by atoms with Gasteiger partial charge < -0.3 is 4.98 Å². The summed E-state index contributed by atoms with van der Waals surface area (Å²) in [6.45, 7) is 1.80. The van der Waals surface area contributed by atoms with Gasteiger partial charge in [0.1, 0.15) is 5.82 Å². The Labute approximate surface area is 104 Å². The number of aromatic nitrogens is 2. The van der Waals surface area contributed by atoms with Crippen LogP contribution < -0.4 is 5.56 Å². The average molecular weight is 246 g/mol. The Kier molecular flexibility index (Phi) is 3.64. The normalized spacial score (nSPS) is 10.5. The van der Waals surface area contributed by atoms with Gasteiger partial charge in [0.2, 0.25) is 0 Å². The molecule has 1 heterocycles. The van der Waals surface area contributed by atoms with Gasteiger partial charge in [-0.05, 0) is 13.2 Å². The first-order chi connectivity index (χ1) is 8.22. The van der Waals surface area contributed by atoms with Gasteiger partial charge in [0.15, 0.2) is 0 Å². The fourth-order valence-corrected chi connectivity index (χ4v) is 2.07. The Balaban J connectivity index is 2.57. The number of benzene rings is 1. The highest BCUT2D eigenvalue weighted by Gasteiger charge is 2.08. The Morgan fingerprint density at radius 1 is 1.29 bits per heavy atom. The van der Waals surface area contributed by atoms with Crippen molar-refractivity contribution in [2.24, 2.45) is 0 Å². The van der Waals surface area contributed by atoms with E-state index >= 15 is 0 Å². The lowest BCUT2D eigenvalue weighted by atomic mass is 10.1. The number of nitrogens with one attached hydrogen (secondary N) is 1. The first-order valence-electron chi connectivity index (χ1n) is 5.36. The average Bonchev–Trinajstić information content (AvgIpc) is 2.35. The minimum absolute atomic E-state index is 0.0529. The predicted molar refractivity (Wildman–Crippen MR) is 72.2 cm³/mol. The summed E-state index contributed by atoms with van der Waals surface area (Å²) in [5.74, 6) is 1.45. The minimum atomic E-state index is -0.0529. The van der Waals surface area contributed by atoms with Gasteiger partial charge in [-0.3, -0.25) is 4.79 Å². The van der Waals surface area contributed by atoms with Crippen LogP contribution in [0.2, 0.25) is 0 Å². The molecule has 1 aromatic heterocycles. The summed E-state index contributed by atoms with van der Waals surface area (Å²) in [4.78, 5) is 19.1. The van der Waals surface area contributed by atoms with E-state index in [2.05, 4.69) is 9.97 Å². The predicted octanol–water partition coefficient (Wildman–Crippen LogP) is 2.61. The number of H-pyrrole nitrogens is 1. The molecule has 1 N–H and O–H groups in total. The second-order valence-corrected chi connectivity index (χ2v) is 4.65. The molecule has 0 amide bonds. The zero-order chi connectivity index (χ0) is 12.3. The maximum Gasteiger partial charge on any atom is 0.254 e. The lowest BCUT2D eigenvalue weighted by molar-refractivity contribution is 0.986. The molecule has 3 nitrogen and oxygen atoms in total. The summed E-state index contributed by atoms with van der Waals surface area (Å²) >= 11 is 1.64. The van der Waals surface area contributed by atoms with Gasteiger partial charge in [0.05, 0.1) is 11.4 Å². The van der Waals surface area contributed by atoms with E-state index in [-0.39, 0.29) is 5.56 Å². The summed E-state index contributed by atoms with van der Waals surface area (Å²) in [7, 11) is 0. The Morgan fingerprint density at radius 2 is 2.00 bits per heavy atom. The first kappa shape index (κ1) is 11.9. The lowest BCUT2D eigenvalue weighted by Gasteiger charge is -2.06. The molecule has 0 radical (unpaired) electrons. The van der Waals surface area contributed by atoms with E-state index in [1.54, 1.807) is 18.7 Å². The van der Waals surface area contributed by atoms with Gasteiger partial charge in [-0.15, -0.1) is 0 Å². The van der Waals surface area contributed by atoms with Crippen molar-refractivity contribution in [3.63, 3.8) is 0 Å². The molecular formula is C13H14N2OS. The van der Waals surface area contributed by atoms with Crippen molar-refractivity contribution in [1.82, 2.24) is 9.97 Å². The summed E-state index contributed by atoms with van der Waals surface area (Å²) in [6.07, 6.45) is 1.99. The van der Waals surface area contributed by atoms with Gasteiger partial charge >= 0.3 is 0 Å². The van der Waals surface area contributed by atoms with Crippen LogP contribution in [0, 0.1) is 6.92 Å². The number of thioether (sulfide) groups is 1. The molecule has 88 valence electrons. The van der Waals surface area contributed by atoms with E-state index in [1.165, 1.54) is 0 Å². The zero-order valence-electron chi connectivity index (χ0n) is 9.86. The standard InChI is InChI=1S/C13H14N2OS/c1-9-12(10-6-4-3-5-7-10)14-11(8-17-2)15-13(9)16/h3-7H,8H2,1-2H3,(H,14,15,16). The highest BCUT2D eigenvalue weighted by Crippen LogP contribution is 2.18. The third kappa shape index (κ3) is 2.58. The molecule has 1 aromatic carbocycles. The largest absolute Gasteiger partial charge is 0.310 e. The molecule has 0 bridgehead atoms. The van der Waals surface area contributed by atoms with Gasteiger partial charge in [0.25, 0.3) is 5.56 Å². The number of hydrogen-bond donors (Lipinski definition) is 1. The van der Waals surface area contributed by atoms with Crippen LogP contribution in [0.25, 0.3) is 11.3 Å². The summed E-state index contributed by atoms with van der Waals surface area (Å²) in [5, 5.41) is 0. The van der Waals surface area contributed by atoms with E-state index in [9.17, 15) is 4.79 Å². The lowest BCUT2D eigenvalue weighted by Crippen LogP contribution is -2.15. The molecule has 0 aliphatic heterocycles. The molecule has 2 aromatic rings. The van der Waals surface area contributed by atoms with Crippen molar-refractivity contribution in [2.75, 3.05) is 6.26 Å². The van der Waals surface area contributed by atoms with Crippen molar-refractivity contribution in [2.45, 2.75) is 12.7 Å². The molecular weight excluding hydrogens is 232 g/mol. The molecule has 0 spiro atoms. The molecule has 0 saturated heterocycles. The van der Waals surface area contributed by atoms with E-state index in [0.29, 0.717) is 5.56 Å². The van der Waals surface area contributed by atoms with Gasteiger partial charge in [-0.25, -0.2) is 4.98 Å². The smallest absolute Gasteiger partial charge is 0.254 e. The molecule has 0 saturated carbocycles. The second-order valence-electron chi connectivity index (χ2n) is 3.79. The van der Waals surface area contributed by atoms with Crippen molar-refractivity contribution in [3.8, 4) is 11.3 Å². The van der Waals surface area contributed by atoms with Crippen molar-refractivity contribution >= 4 is 11.8 Å². The first-order valence-corrected chi connectivity index (χ1v) is 6.76. The maximum absolute atomic E-state index is 11.8. The number of rotatable bonds is 3. The van der Waals surface area contributed by atoms with Crippen molar-refractivity contribution in [1.29, 1.82) is 0 Å². The van der Waals surface area contributed by atoms with Crippen molar-refractivity contribution in [3.05, 3.63) is 52.1 Å². The van der Waals surface area contributed by atoms with Crippen LogP contribution in [0.5, 0.6) is 0 Å². The van der Waals surface area contributed by atoms with E-state index in [4.69, 9.17) is 0 Å². The molecule has 2 rings (SSSR count). The van der Waals surface area contributed by atoms with E-state index in [0.717, 1.165) is 22.8 Å². The van der Waals surface area contributed by atoms with Crippen LogP contribution in [0.3, 0.4) is 0 Å².